The zero-order valence-corrected chi connectivity index (χ0v) is 14.2. The second kappa shape index (κ2) is 7.78. The van der Waals surface area contributed by atoms with Gasteiger partial charge in [-0.05, 0) is 25.0 Å². The summed E-state index contributed by atoms with van der Waals surface area (Å²) in [5.74, 6) is 0.300. The van der Waals surface area contributed by atoms with E-state index in [-0.39, 0.29) is 17.9 Å². The second-order valence-corrected chi connectivity index (χ2v) is 6.13. The van der Waals surface area contributed by atoms with Gasteiger partial charge in [-0.3, -0.25) is 9.48 Å². The summed E-state index contributed by atoms with van der Waals surface area (Å²) in [6.45, 7) is 1.37. The number of aryl methyl sites for hydroxylation is 1. The first-order chi connectivity index (χ1) is 12.1. The largest absolute Gasteiger partial charge is 0.348 e. The van der Waals surface area contributed by atoms with Crippen molar-refractivity contribution in [2.45, 2.75) is 19.4 Å². The number of carbonyl (C=O) groups excluding carboxylic acids is 2. The molecule has 1 aliphatic rings. The summed E-state index contributed by atoms with van der Waals surface area (Å²) >= 11 is 0. The van der Waals surface area contributed by atoms with Gasteiger partial charge in [0.2, 0.25) is 5.91 Å². The lowest BCUT2D eigenvalue weighted by molar-refractivity contribution is -0.126. The van der Waals surface area contributed by atoms with Gasteiger partial charge in [0.25, 0.3) is 0 Å². The maximum Gasteiger partial charge on any atom is 0.321 e. The molecule has 8 heteroatoms. The maximum absolute atomic E-state index is 12.4. The number of piperidine rings is 1. The highest BCUT2D eigenvalue weighted by Gasteiger charge is 2.28. The molecule has 1 unspecified atom stereocenters. The van der Waals surface area contributed by atoms with Crippen molar-refractivity contribution in [2.75, 3.05) is 18.4 Å². The summed E-state index contributed by atoms with van der Waals surface area (Å²) < 4.78 is 1.59. The number of anilines is 1. The Labute approximate surface area is 146 Å². The van der Waals surface area contributed by atoms with Gasteiger partial charge in [0, 0.05) is 25.8 Å². The normalized spacial score (nSPS) is 17.2. The molecule has 25 heavy (non-hydrogen) atoms. The third-order valence-corrected chi connectivity index (χ3v) is 4.17. The number of benzene rings is 1. The van der Waals surface area contributed by atoms with Gasteiger partial charge in [0.15, 0.2) is 5.82 Å². The monoisotopic (exact) mass is 342 g/mol. The lowest BCUT2D eigenvalue weighted by atomic mass is 9.97. The third kappa shape index (κ3) is 4.56. The standard InChI is InChI=1S/C17H22N6O2/c1-22-12-19-15(21-22)10-18-16(24)13-6-5-9-23(11-13)17(25)20-14-7-3-2-4-8-14/h2-4,7-8,12-13H,5-6,9-11H2,1H3,(H,18,24)(H,20,25). The van der Waals surface area contributed by atoms with Gasteiger partial charge in [-0.15, -0.1) is 0 Å². The fraction of sp³-hybridized carbons (Fsp3) is 0.412. The topological polar surface area (TPSA) is 92.2 Å². The van der Waals surface area contributed by atoms with E-state index in [9.17, 15) is 9.59 Å². The average molecular weight is 342 g/mol. The van der Waals surface area contributed by atoms with Crippen LogP contribution in [0.15, 0.2) is 36.7 Å². The highest BCUT2D eigenvalue weighted by Crippen LogP contribution is 2.18. The quantitative estimate of drug-likeness (QED) is 0.878. The third-order valence-electron chi connectivity index (χ3n) is 4.17. The number of urea groups is 1. The lowest BCUT2D eigenvalue weighted by Gasteiger charge is -2.32. The molecule has 1 saturated heterocycles. The first kappa shape index (κ1) is 16.9. The molecular weight excluding hydrogens is 320 g/mol. The van der Waals surface area contributed by atoms with Crippen molar-refractivity contribution in [3.8, 4) is 0 Å². The highest BCUT2D eigenvalue weighted by atomic mass is 16.2. The minimum atomic E-state index is -0.209. The van der Waals surface area contributed by atoms with Crippen LogP contribution in [-0.2, 0) is 18.4 Å². The smallest absolute Gasteiger partial charge is 0.321 e. The predicted molar refractivity (Wildman–Crippen MR) is 92.6 cm³/mol. The van der Waals surface area contributed by atoms with Crippen molar-refractivity contribution in [3.05, 3.63) is 42.5 Å². The molecule has 2 N–H and O–H groups in total. The average Bonchev–Trinajstić information content (AvgIpc) is 3.06. The zero-order chi connectivity index (χ0) is 17.6. The maximum atomic E-state index is 12.4. The molecule has 8 nitrogen and oxygen atoms in total. The molecule has 2 aromatic rings. The molecule has 0 radical (unpaired) electrons. The Morgan fingerprint density at radius 1 is 1.28 bits per heavy atom. The SMILES string of the molecule is Cn1cnc(CNC(=O)C2CCCN(C(=O)Nc3ccccc3)C2)n1. The van der Waals surface area contributed by atoms with E-state index in [1.54, 1.807) is 23.0 Å². The van der Waals surface area contributed by atoms with Crippen LogP contribution < -0.4 is 10.6 Å². The van der Waals surface area contributed by atoms with Gasteiger partial charge in [-0.2, -0.15) is 5.10 Å². The minimum Gasteiger partial charge on any atom is -0.348 e. The van der Waals surface area contributed by atoms with E-state index in [2.05, 4.69) is 20.7 Å². The molecule has 1 aromatic heterocycles. The number of hydrogen-bond acceptors (Lipinski definition) is 4. The van der Waals surface area contributed by atoms with Crippen LogP contribution in [0.2, 0.25) is 0 Å². The Balaban J connectivity index is 1.51. The number of para-hydroxylation sites is 1. The van der Waals surface area contributed by atoms with Crippen LogP contribution in [0.5, 0.6) is 0 Å². The van der Waals surface area contributed by atoms with Crippen LogP contribution in [0, 0.1) is 5.92 Å². The van der Waals surface area contributed by atoms with E-state index in [4.69, 9.17) is 0 Å². The Morgan fingerprint density at radius 2 is 2.08 bits per heavy atom. The molecule has 0 spiro atoms. The van der Waals surface area contributed by atoms with E-state index in [1.807, 2.05) is 30.3 Å². The van der Waals surface area contributed by atoms with Gasteiger partial charge in [0.05, 0.1) is 12.5 Å². The molecule has 3 amide bonds. The molecule has 3 rings (SSSR count). The summed E-state index contributed by atoms with van der Waals surface area (Å²) in [5.41, 5.74) is 0.750. The Morgan fingerprint density at radius 3 is 2.80 bits per heavy atom. The van der Waals surface area contributed by atoms with E-state index in [0.29, 0.717) is 25.5 Å². The first-order valence-electron chi connectivity index (χ1n) is 8.35. The fourth-order valence-electron chi connectivity index (χ4n) is 2.88. The zero-order valence-electron chi connectivity index (χ0n) is 14.2. The summed E-state index contributed by atoms with van der Waals surface area (Å²) in [7, 11) is 1.78. The van der Waals surface area contributed by atoms with Crippen molar-refractivity contribution < 1.29 is 9.59 Å². The molecule has 2 heterocycles. The van der Waals surface area contributed by atoms with Gasteiger partial charge in [0.1, 0.15) is 6.33 Å². The molecule has 1 aliphatic heterocycles. The summed E-state index contributed by atoms with van der Waals surface area (Å²) in [6, 6.07) is 9.14. The number of likely N-dealkylation sites (tertiary alicyclic amines) is 1. The number of nitrogens with one attached hydrogen (secondary N) is 2. The van der Waals surface area contributed by atoms with Crippen LogP contribution in [0.3, 0.4) is 0 Å². The summed E-state index contributed by atoms with van der Waals surface area (Å²) in [6.07, 6.45) is 3.18. The van der Waals surface area contributed by atoms with Crippen LogP contribution in [0.25, 0.3) is 0 Å². The van der Waals surface area contributed by atoms with Crippen molar-refractivity contribution in [2.24, 2.45) is 13.0 Å². The predicted octanol–water partition coefficient (Wildman–Crippen LogP) is 1.38. The summed E-state index contributed by atoms with van der Waals surface area (Å²) in [4.78, 5) is 30.5. The van der Waals surface area contributed by atoms with E-state index >= 15 is 0 Å². The van der Waals surface area contributed by atoms with Crippen LogP contribution in [0.4, 0.5) is 10.5 Å². The molecule has 0 bridgehead atoms. The van der Waals surface area contributed by atoms with E-state index < -0.39 is 0 Å². The number of aromatic nitrogens is 3. The van der Waals surface area contributed by atoms with Gasteiger partial charge < -0.3 is 15.5 Å². The van der Waals surface area contributed by atoms with Crippen LogP contribution >= 0.6 is 0 Å². The fourth-order valence-corrected chi connectivity index (χ4v) is 2.88. The molecule has 1 atom stereocenters. The number of nitrogens with zero attached hydrogens (tertiary/aromatic N) is 4. The summed E-state index contributed by atoms with van der Waals surface area (Å²) in [5, 5.41) is 9.85. The number of amides is 3. The van der Waals surface area contributed by atoms with E-state index in [0.717, 1.165) is 18.5 Å². The Hall–Kier alpha value is -2.90. The van der Waals surface area contributed by atoms with Gasteiger partial charge in [-0.1, -0.05) is 18.2 Å². The Bertz CT molecular complexity index is 730. The first-order valence-corrected chi connectivity index (χ1v) is 8.35. The Kier molecular flexibility index (Phi) is 5.27. The number of carbonyl (C=O) groups is 2. The molecule has 132 valence electrons. The molecular formula is C17H22N6O2. The number of rotatable bonds is 4. The van der Waals surface area contributed by atoms with Crippen molar-refractivity contribution in [1.82, 2.24) is 25.0 Å². The second-order valence-electron chi connectivity index (χ2n) is 6.13. The van der Waals surface area contributed by atoms with Crippen molar-refractivity contribution >= 4 is 17.6 Å². The highest BCUT2D eigenvalue weighted by molar-refractivity contribution is 5.90. The molecule has 0 saturated carbocycles. The minimum absolute atomic E-state index is 0.0651. The lowest BCUT2D eigenvalue weighted by Crippen LogP contribution is -2.46. The van der Waals surface area contributed by atoms with Gasteiger partial charge in [-0.25, -0.2) is 9.78 Å². The molecule has 0 aliphatic carbocycles. The number of hydrogen-bond donors (Lipinski definition) is 2. The molecule has 1 fully saturated rings. The van der Waals surface area contributed by atoms with Crippen LogP contribution in [-0.4, -0.2) is 44.7 Å². The molecule has 1 aromatic carbocycles. The van der Waals surface area contributed by atoms with Gasteiger partial charge >= 0.3 is 6.03 Å². The van der Waals surface area contributed by atoms with E-state index in [1.165, 1.54) is 0 Å². The van der Waals surface area contributed by atoms with Crippen LogP contribution in [0.1, 0.15) is 18.7 Å². The van der Waals surface area contributed by atoms with Crippen molar-refractivity contribution in [3.63, 3.8) is 0 Å². The van der Waals surface area contributed by atoms with Crippen molar-refractivity contribution in [1.29, 1.82) is 0 Å².